The zero-order valence-corrected chi connectivity index (χ0v) is 7.73. The molecular weight excluding hydrogens is 162 g/mol. The van der Waals surface area contributed by atoms with E-state index in [1.54, 1.807) is 18.3 Å². The van der Waals surface area contributed by atoms with Gasteiger partial charge in [0.1, 0.15) is 6.07 Å². The minimum atomic E-state index is 0.598. The van der Waals surface area contributed by atoms with E-state index in [4.69, 9.17) is 5.26 Å². The van der Waals surface area contributed by atoms with Crippen LogP contribution in [0.3, 0.4) is 0 Å². The van der Waals surface area contributed by atoms with Crippen molar-refractivity contribution in [1.82, 2.24) is 9.88 Å². The van der Waals surface area contributed by atoms with Crippen LogP contribution in [-0.2, 0) is 0 Å². The average molecular weight is 173 g/mol. The Morgan fingerprint density at radius 1 is 1.54 bits per heavy atom. The van der Waals surface area contributed by atoms with Gasteiger partial charge in [-0.05, 0) is 18.2 Å². The summed E-state index contributed by atoms with van der Waals surface area (Å²) in [4.78, 5) is 5.98. The fourth-order valence-electron chi connectivity index (χ4n) is 0.865. The van der Waals surface area contributed by atoms with E-state index in [1.165, 1.54) is 0 Å². The second-order valence-corrected chi connectivity index (χ2v) is 2.83. The fraction of sp³-hybridized carbons (Fsp3) is 0.200. The highest BCUT2D eigenvalue weighted by Gasteiger charge is 1.96. The summed E-state index contributed by atoms with van der Waals surface area (Å²) in [6.07, 6.45) is 5.36. The Labute approximate surface area is 77.9 Å². The molecule has 13 heavy (non-hydrogen) atoms. The van der Waals surface area contributed by atoms with Gasteiger partial charge in [0, 0.05) is 26.5 Å². The first-order chi connectivity index (χ1) is 6.24. The largest absolute Gasteiger partial charge is 0.383 e. The van der Waals surface area contributed by atoms with Gasteiger partial charge in [0.05, 0.1) is 11.3 Å². The van der Waals surface area contributed by atoms with Gasteiger partial charge in [-0.25, -0.2) is 0 Å². The van der Waals surface area contributed by atoms with E-state index >= 15 is 0 Å². The number of nitriles is 1. The first-order valence-electron chi connectivity index (χ1n) is 3.94. The number of pyridine rings is 1. The van der Waals surface area contributed by atoms with Crippen LogP contribution in [0.25, 0.3) is 6.08 Å². The van der Waals surface area contributed by atoms with E-state index in [9.17, 15) is 0 Å². The van der Waals surface area contributed by atoms with Crippen LogP contribution < -0.4 is 0 Å². The number of rotatable bonds is 2. The van der Waals surface area contributed by atoms with E-state index in [2.05, 4.69) is 11.1 Å². The monoisotopic (exact) mass is 173 g/mol. The SMILES string of the molecule is CN(C)/C=C/c1ncccc1C#N. The Balaban J connectivity index is 2.95. The highest BCUT2D eigenvalue weighted by molar-refractivity contribution is 5.53. The molecule has 0 N–H and O–H groups in total. The predicted octanol–water partition coefficient (Wildman–Crippen LogP) is 1.49. The van der Waals surface area contributed by atoms with Crippen molar-refractivity contribution < 1.29 is 0 Å². The third-order valence-electron chi connectivity index (χ3n) is 1.49. The molecule has 0 aliphatic carbocycles. The van der Waals surface area contributed by atoms with Gasteiger partial charge < -0.3 is 4.90 Å². The lowest BCUT2D eigenvalue weighted by atomic mass is 10.2. The zero-order valence-electron chi connectivity index (χ0n) is 7.73. The Hall–Kier alpha value is -1.82. The van der Waals surface area contributed by atoms with Crippen LogP contribution in [0, 0.1) is 11.3 Å². The highest BCUT2D eigenvalue weighted by Crippen LogP contribution is 2.05. The molecule has 0 radical (unpaired) electrons. The van der Waals surface area contributed by atoms with Crippen molar-refractivity contribution >= 4 is 6.08 Å². The molecular formula is C10H11N3. The number of aromatic nitrogens is 1. The summed E-state index contributed by atoms with van der Waals surface area (Å²) in [7, 11) is 3.84. The van der Waals surface area contributed by atoms with Gasteiger partial charge in [-0.15, -0.1) is 0 Å². The van der Waals surface area contributed by atoms with Crippen LogP contribution in [-0.4, -0.2) is 24.0 Å². The summed E-state index contributed by atoms with van der Waals surface area (Å²) in [5.41, 5.74) is 1.30. The molecule has 0 fully saturated rings. The first-order valence-corrected chi connectivity index (χ1v) is 3.94. The van der Waals surface area contributed by atoms with Crippen molar-refractivity contribution in [2.24, 2.45) is 0 Å². The van der Waals surface area contributed by atoms with Gasteiger partial charge in [-0.1, -0.05) is 0 Å². The summed E-state index contributed by atoms with van der Waals surface area (Å²) in [6.45, 7) is 0. The molecule has 66 valence electrons. The lowest BCUT2D eigenvalue weighted by Crippen LogP contribution is -2.00. The lowest BCUT2D eigenvalue weighted by molar-refractivity contribution is 0.567. The summed E-state index contributed by atoms with van der Waals surface area (Å²) in [5.74, 6) is 0. The van der Waals surface area contributed by atoms with E-state index in [0.29, 0.717) is 11.3 Å². The van der Waals surface area contributed by atoms with E-state index < -0.39 is 0 Å². The molecule has 0 aliphatic rings. The fourth-order valence-corrected chi connectivity index (χ4v) is 0.865. The molecule has 0 amide bonds. The van der Waals surface area contributed by atoms with Gasteiger partial charge >= 0.3 is 0 Å². The molecule has 3 nitrogen and oxygen atoms in total. The second-order valence-electron chi connectivity index (χ2n) is 2.83. The van der Waals surface area contributed by atoms with Crippen molar-refractivity contribution in [3.05, 3.63) is 35.8 Å². The second kappa shape index (κ2) is 4.27. The molecule has 0 aliphatic heterocycles. The van der Waals surface area contributed by atoms with Crippen LogP contribution >= 0.6 is 0 Å². The van der Waals surface area contributed by atoms with Crippen LogP contribution in [0.5, 0.6) is 0 Å². The predicted molar refractivity (Wildman–Crippen MR) is 51.7 cm³/mol. The quantitative estimate of drug-likeness (QED) is 0.680. The molecule has 0 spiro atoms. The molecule has 3 heteroatoms. The van der Waals surface area contributed by atoms with Crippen LogP contribution in [0.1, 0.15) is 11.3 Å². The van der Waals surface area contributed by atoms with Crippen LogP contribution in [0.4, 0.5) is 0 Å². The van der Waals surface area contributed by atoms with Gasteiger partial charge in [0.25, 0.3) is 0 Å². The molecule has 1 aromatic heterocycles. The minimum Gasteiger partial charge on any atom is -0.383 e. The van der Waals surface area contributed by atoms with Gasteiger partial charge in [0.2, 0.25) is 0 Å². The summed E-state index contributed by atoms with van der Waals surface area (Å²) < 4.78 is 0. The first kappa shape index (κ1) is 9.27. The van der Waals surface area contributed by atoms with Gasteiger partial charge in [-0.3, -0.25) is 4.98 Å². The van der Waals surface area contributed by atoms with Crippen molar-refractivity contribution in [2.75, 3.05) is 14.1 Å². The molecule has 1 aromatic rings. The molecule has 0 saturated heterocycles. The minimum absolute atomic E-state index is 0.598. The molecule has 0 atom stereocenters. The third kappa shape index (κ3) is 2.60. The molecule has 1 heterocycles. The highest BCUT2D eigenvalue weighted by atomic mass is 15.0. The molecule has 0 aromatic carbocycles. The van der Waals surface area contributed by atoms with E-state index in [1.807, 2.05) is 31.3 Å². The third-order valence-corrected chi connectivity index (χ3v) is 1.49. The van der Waals surface area contributed by atoms with Crippen LogP contribution in [0.15, 0.2) is 24.5 Å². The van der Waals surface area contributed by atoms with E-state index in [-0.39, 0.29) is 0 Å². The summed E-state index contributed by atoms with van der Waals surface area (Å²) >= 11 is 0. The number of nitrogens with zero attached hydrogens (tertiary/aromatic N) is 3. The van der Waals surface area contributed by atoms with Gasteiger partial charge in [0.15, 0.2) is 0 Å². The van der Waals surface area contributed by atoms with Crippen LogP contribution in [0.2, 0.25) is 0 Å². The van der Waals surface area contributed by atoms with Crippen molar-refractivity contribution in [3.8, 4) is 6.07 Å². The Morgan fingerprint density at radius 2 is 2.31 bits per heavy atom. The van der Waals surface area contributed by atoms with E-state index in [0.717, 1.165) is 0 Å². The normalized spacial score (nSPS) is 9.92. The maximum absolute atomic E-state index is 8.75. The Kier molecular flexibility index (Phi) is 3.04. The zero-order chi connectivity index (χ0) is 9.68. The van der Waals surface area contributed by atoms with Crippen molar-refractivity contribution in [2.45, 2.75) is 0 Å². The molecule has 1 rings (SSSR count). The molecule has 0 bridgehead atoms. The smallest absolute Gasteiger partial charge is 0.101 e. The summed E-state index contributed by atoms with van der Waals surface area (Å²) in [6, 6.07) is 5.59. The summed E-state index contributed by atoms with van der Waals surface area (Å²) in [5, 5.41) is 8.75. The topological polar surface area (TPSA) is 39.9 Å². The maximum Gasteiger partial charge on any atom is 0.101 e. The lowest BCUT2D eigenvalue weighted by Gasteiger charge is -2.03. The van der Waals surface area contributed by atoms with Crippen molar-refractivity contribution in [1.29, 1.82) is 5.26 Å². The number of hydrogen-bond donors (Lipinski definition) is 0. The van der Waals surface area contributed by atoms with Crippen molar-refractivity contribution in [3.63, 3.8) is 0 Å². The standard InChI is InChI=1S/C10H11N3/c1-13(2)7-5-10-9(8-11)4-3-6-12-10/h3-7H,1-2H3/b7-5+. The average Bonchev–Trinajstić information content (AvgIpc) is 2.15. The molecule has 0 unspecified atom stereocenters. The molecule has 0 saturated carbocycles. The Morgan fingerprint density at radius 3 is 2.92 bits per heavy atom. The Bertz CT molecular complexity index is 347. The number of hydrogen-bond acceptors (Lipinski definition) is 3. The maximum atomic E-state index is 8.75. The van der Waals surface area contributed by atoms with Gasteiger partial charge in [-0.2, -0.15) is 5.26 Å².